The Morgan fingerprint density at radius 2 is 1.80 bits per heavy atom. The lowest BCUT2D eigenvalue weighted by molar-refractivity contribution is 0.0770. The van der Waals surface area contributed by atoms with Gasteiger partial charge in [0, 0.05) is 24.6 Å². The van der Waals surface area contributed by atoms with Crippen molar-refractivity contribution >= 4 is 5.91 Å². The molecule has 1 saturated heterocycles. The zero-order valence-corrected chi connectivity index (χ0v) is 15.1. The Morgan fingerprint density at radius 3 is 2.44 bits per heavy atom. The molecule has 1 atom stereocenters. The molecule has 1 aliphatic heterocycles. The average Bonchev–Trinajstić information content (AvgIpc) is 2.93. The molecule has 1 fully saturated rings. The van der Waals surface area contributed by atoms with Crippen LogP contribution in [0.4, 0.5) is 0 Å². The normalized spacial score (nSPS) is 17.0. The molecular weight excluding hydrogens is 318 g/mol. The Kier molecular flexibility index (Phi) is 4.66. The molecule has 5 nitrogen and oxygen atoms in total. The summed E-state index contributed by atoms with van der Waals surface area (Å²) in [4.78, 5) is 26.2. The molecule has 132 valence electrons. The molecule has 0 radical (unpaired) electrons. The lowest BCUT2D eigenvalue weighted by Gasteiger charge is -2.20. The van der Waals surface area contributed by atoms with Crippen molar-refractivity contribution in [2.24, 2.45) is 0 Å². The molecule has 25 heavy (non-hydrogen) atoms. The van der Waals surface area contributed by atoms with E-state index in [0.717, 1.165) is 28.7 Å². The third kappa shape index (κ3) is 3.76. The molecule has 1 unspecified atom stereocenters. The maximum Gasteiger partial charge on any atom is 0.339 e. The minimum atomic E-state index is -0.424. The van der Waals surface area contributed by atoms with Gasteiger partial charge in [-0.05, 0) is 38.8 Å². The van der Waals surface area contributed by atoms with Crippen molar-refractivity contribution in [3.8, 4) is 5.75 Å². The van der Waals surface area contributed by atoms with Gasteiger partial charge in [-0.25, -0.2) is 4.79 Å². The number of aryl methyl sites for hydroxylation is 4. The Morgan fingerprint density at radius 1 is 1.12 bits per heavy atom. The summed E-state index contributed by atoms with van der Waals surface area (Å²) in [5.41, 5.74) is 3.52. The van der Waals surface area contributed by atoms with Gasteiger partial charge in [0.15, 0.2) is 0 Å². The molecule has 1 aliphatic rings. The van der Waals surface area contributed by atoms with Crippen molar-refractivity contribution in [3.63, 3.8) is 0 Å². The molecule has 3 rings (SSSR count). The summed E-state index contributed by atoms with van der Waals surface area (Å²) in [6.45, 7) is 8.86. The van der Waals surface area contributed by atoms with Gasteiger partial charge in [0.1, 0.15) is 17.6 Å². The van der Waals surface area contributed by atoms with Gasteiger partial charge in [-0.1, -0.05) is 17.7 Å². The molecule has 0 bridgehead atoms. The van der Waals surface area contributed by atoms with E-state index >= 15 is 0 Å². The van der Waals surface area contributed by atoms with E-state index in [4.69, 9.17) is 9.15 Å². The zero-order chi connectivity index (χ0) is 18.1. The van der Waals surface area contributed by atoms with Crippen LogP contribution in [-0.4, -0.2) is 30.0 Å². The summed E-state index contributed by atoms with van der Waals surface area (Å²) >= 11 is 0. The highest BCUT2D eigenvalue weighted by Gasteiger charge is 2.29. The van der Waals surface area contributed by atoms with E-state index in [1.807, 2.05) is 37.8 Å². The standard InChI is InChI=1S/C20H23NO4/c1-12-7-13(2)19(14(3)8-12)20(23)21-6-5-16(11-21)25-17-9-15(4)24-18(22)10-17/h7-10,16H,5-6,11H2,1-4H3. The van der Waals surface area contributed by atoms with Gasteiger partial charge in [-0.15, -0.1) is 0 Å². The van der Waals surface area contributed by atoms with E-state index in [9.17, 15) is 9.59 Å². The Hall–Kier alpha value is -2.56. The first-order valence-electron chi connectivity index (χ1n) is 8.49. The van der Waals surface area contributed by atoms with Crippen LogP contribution in [0.3, 0.4) is 0 Å². The van der Waals surface area contributed by atoms with Crippen LogP contribution in [0.25, 0.3) is 0 Å². The predicted molar refractivity (Wildman–Crippen MR) is 95.3 cm³/mol. The van der Waals surface area contributed by atoms with Crippen LogP contribution in [0.1, 0.15) is 39.2 Å². The van der Waals surface area contributed by atoms with Crippen molar-refractivity contribution < 1.29 is 13.9 Å². The minimum Gasteiger partial charge on any atom is -0.488 e. The molecule has 1 amide bonds. The summed E-state index contributed by atoms with van der Waals surface area (Å²) < 4.78 is 10.8. The summed E-state index contributed by atoms with van der Waals surface area (Å²) in [6.07, 6.45) is 0.630. The number of ether oxygens (including phenoxy) is 1. The highest BCUT2D eigenvalue weighted by atomic mass is 16.5. The van der Waals surface area contributed by atoms with Gasteiger partial charge < -0.3 is 14.1 Å². The number of carbonyl (C=O) groups excluding carboxylic acids is 1. The molecule has 1 aromatic heterocycles. The van der Waals surface area contributed by atoms with Gasteiger partial charge in [-0.3, -0.25) is 4.79 Å². The molecule has 5 heteroatoms. The van der Waals surface area contributed by atoms with Gasteiger partial charge in [0.05, 0.1) is 12.6 Å². The monoisotopic (exact) mass is 341 g/mol. The first-order valence-corrected chi connectivity index (χ1v) is 8.49. The highest BCUT2D eigenvalue weighted by Crippen LogP contribution is 2.23. The number of benzene rings is 1. The largest absolute Gasteiger partial charge is 0.488 e. The Balaban J connectivity index is 1.72. The van der Waals surface area contributed by atoms with Crippen LogP contribution < -0.4 is 10.4 Å². The topological polar surface area (TPSA) is 59.8 Å². The lowest BCUT2D eigenvalue weighted by Crippen LogP contribution is -2.32. The van der Waals surface area contributed by atoms with Crippen LogP contribution in [0.15, 0.2) is 33.5 Å². The molecule has 0 aliphatic carbocycles. The number of amides is 1. The molecule has 0 spiro atoms. The van der Waals surface area contributed by atoms with E-state index in [2.05, 4.69) is 0 Å². The molecule has 0 N–H and O–H groups in total. The van der Waals surface area contributed by atoms with Crippen LogP contribution in [0, 0.1) is 27.7 Å². The maximum absolute atomic E-state index is 12.9. The smallest absolute Gasteiger partial charge is 0.339 e. The quantitative estimate of drug-likeness (QED) is 0.860. The van der Waals surface area contributed by atoms with E-state index in [1.54, 1.807) is 13.0 Å². The summed E-state index contributed by atoms with van der Waals surface area (Å²) in [6, 6.07) is 7.11. The first kappa shape index (κ1) is 17.3. The number of hydrogen-bond acceptors (Lipinski definition) is 4. The minimum absolute atomic E-state index is 0.0462. The van der Waals surface area contributed by atoms with Gasteiger partial charge >= 0.3 is 5.63 Å². The first-order chi connectivity index (χ1) is 11.8. The summed E-state index contributed by atoms with van der Waals surface area (Å²) in [5, 5.41) is 0. The van der Waals surface area contributed by atoms with Gasteiger partial charge in [0.25, 0.3) is 5.91 Å². The fraction of sp³-hybridized carbons (Fsp3) is 0.400. The second-order valence-electron chi connectivity index (χ2n) is 6.78. The third-order valence-corrected chi connectivity index (χ3v) is 4.49. The number of likely N-dealkylation sites (tertiary alicyclic amines) is 1. The van der Waals surface area contributed by atoms with Crippen LogP contribution >= 0.6 is 0 Å². The number of rotatable bonds is 3. The highest BCUT2D eigenvalue weighted by molar-refractivity contribution is 5.97. The van der Waals surface area contributed by atoms with E-state index in [0.29, 0.717) is 24.6 Å². The van der Waals surface area contributed by atoms with Crippen molar-refractivity contribution in [2.45, 2.75) is 40.2 Å². The zero-order valence-electron chi connectivity index (χ0n) is 15.1. The van der Waals surface area contributed by atoms with E-state index in [-0.39, 0.29) is 12.0 Å². The molecule has 1 aromatic carbocycles. The molecule has 2 heterocycles. The second kappa shape index (κ2) is 6.75. The van der Waals surface area contributed by atoms with Crippen molar-refractivity contribution in [3.05, 3.63) is 62.7 Å². The van der Waals surface area contributed by atoms with Crippen molar-refractivity contribution in [2.75, 3.05) is 13.1 Å². The van der Waals surface area contributed by atoms with Crippen molar-refractivity contribution in [1.82, 2.24) is 4.90 Å². The number of carbonyl (C=O) groups is 1. The van der Waals surface area contributed by atoms with Crippen LogP contribution in [-0.2, 0) is 0 Å². The van der Waals surface area contributed by atoms with Crippen LogP contribution in [0.2, 0.25) is 0 Å². The van der Waals surface area contributed by atoms with E-state index in [1.165, 1.54) is 6.07 Å². The third-order valence-electron chi connectivity index (χ3n) is 4.49. The molecule has 0 saturated carbocycles. The van der Waals surface area contributed by atoms with Gasteiger partial charge in [-0.2, -0.15) is 0 Å². The summed E-state index contributed by atoms with van der Waals surface area (Å²) in [5.74, 6) is 1.06. The van der Waals surface area contributed by atoms with Crippen molar-refractivity contribution in [1.29, 1.82) is 0 Å². The Bertz CT molecular complexity index is 845. The predicted octanol–water partition coefficient (Wildman–Crippen LogP) is 3.17. The molecular formula is C20H23NO4. The second-order valence-corrected chi connectivity index (χ2v) is 6.78. The van der Waals surface area contributed by atoms with Gasteiger partial charge in [0.2, 0.25) is 0 Å². The van der Waals surface area contributed by atoms with E-state index < -0.39 is 5.63 Å². The lowest BCUT2D eigenvalue weighted by atomic mass is 9.99. The number of hydrogen-bond donors (Lipinski definition) is 0. The molecule has 2 aromatic rings. The fourth-order valence-electron chi connectivity index (χ4n) is 3.52. The summed E-state index contributed by atoms with van der Waals surface area (Å²) in [7, 11) is 0. The van der Waals surface area contributed by atoms with Crippen LogP contribution in [0.5, 0.6) is 5.75 Å². The fourth-order valence-corrected chi connectivity index (χ4v) is 3.52. The average molecular weight is 341 g/mol. The Labute approximate surface area is 147 Å². The SMILES string of the molecule is Cc1cc(C)c(C(=O)N2CCC(Oc3cc(C)oc(=O)c3)C2)c(C)c1. The maximum atomic E-state index is 12.9. The number of nitrogens with zero attached hydrogens (tertiary/aromatic N) is 1.